The van der Waals surface area contributed by atoms with Crippen LogP contribution < -0.4 is 0 Å². The number of hydrogen-bond acceptors (Lipinski definition) is 2. The molecule has 0 fully saturated rings. The Bertz CT molecular complexity index is 166. The van der Waals surface area contributed by atoms with E-state index in [0.717, 1.165) is 5.69 Å². The topological polar surface area (TPSA) is 22.1 Å². The van der Waals surface area contributed by atoms with Crippen LogP contribution in [0.3, 0.4) is 0 Å². The lowest BCUT2D eigenvalue weighted by atomic mass is 10.4. The molecule has 0 aliphatic carbocycles. The minimum atomic E-state index is 0.363. The first-order valence-corrected chi connectivity index (χ1v) is 2.88. The Balaban J connectivity index is 2.61. The fourth-order valence-electron chi connectivity index (χ4n) is 0.539. The molecule has 1 aromatic rings. The van der Waals surface area contributed by atoms with Gasteiger partial charge < -0.3 is 0 Å². The molecule has 0 N–H and O–H groups in total. The van der Waals surface area contributed by atoms with Gasteiger partial charge in [0.1, 0.15) is 6.61 Å². The third kappa shape index (κ3) is 2.00. The molecule has 0 radical (unpaired) electrons. The Morgan fingerprint density at radius 2 is 2.44 bits per heavy atom. The second-order valence-electron chi connectivity index (χ2n) is 1.57. The van der Waals surface area contributed by atoms with E-state index in [-0.39, 0.29) is 0 Å². The van der Waals surface area contributed by atoms with Crippen LogP contribution in [0.5, 0.6) is 0 Å². The molecule has 1 rings (SSSR count). The first kappa shape index (κ1) is 6.52. The van der Waals surface area contributed by atoms with Gasteiger partial charge >= 0.3 is 0 Å². The minimum Gasteiger partial charge on any atom is -0.273 e. The summed E-state index contributed by atoms with van der Waals surface area (Å²) in [5.74, 6) is 0. The first-order chi connectivity index (χ1) is 4.43. The Kier molecular flexibility index (Phi) is 2.48. The fraction of sp³-hybridized carbons (Fsp3) is 0.167. The van der Waals surface area contributed by atoms with Gasteiger partial charge in [-0.25, -0.2) is 0 Å². The zero-order valence-electron chi connectivity index (χ0n) is 4.75. The summed E-state index contributed by atoms with van der Waals surface area (Å²) in [7, 11) is 0. The lowest BCUT2D eigenvalue weighted by molar-refractivity contribution is 0.335. The number of halogens is 1. The molecule has 0 aliphatic heterocycles. The summed E-state index contributed by atoms with van der Waals surface area (Å²) in [6, 6.07) is 5.58. The highest BCUT2D eigenvalue weighted by atomic mass is 35.5. The SMILES string of the molecule is ClOCc1ccccn1. The average molecular weight is 144 g/mol. The maximum atomic E-state index is 5.00. The molecule has 0 saturated carbocycles. The van der Waals surface area contributed by atoms with Crippen LogP contribution in [0.4, 0.5) is 0 Å². The summed E-state index contributed by atoms with van der Waals surface area (Å²) in [6.45, 7) is 0.363. The van der Waals surface area contributed by atoms with Crippen molar-refractivity contribution >= 4 is 11.9 Å². The monoisotopic (exact) mass is 143 g/mol. The molecule has 3 heteroatoms. The predicted molar refractivity (Wildman–Crippen MR) is 34.9 cm³/mol. The van der Waals surface area contributed by atoms with Gasteiger partial charge in [-0.1, -0.05) is 6.07 Å². The van der Waals surface area contributed by atoms with Crippen molar-refractivity contribution in [2.24, 2.45) is 0 Å². The van der Waals surface area contributed by atoms with Crippen molar-refractivity contribution in [2.45, 2.75) is 6.61 Å². The third-order valence-corrected chi connectivity index (χ3v) is 1.04. The van der Waals surface area contributed by atoms with Crippen LogP contribution in [0.2, 0.25) is 0 Å². The zero-order valence-corrected chi connectivity index (χ0v) is 5.51. The molecule has 0 spiro atoms. The summed E-state index contributed by atoms with van der Waals surface area (Å²) in [5.41, 5.74) is 0.840. The number of pyridine rings is 1. The molecule has 0 unspecified atom stereocenters. The average Bonchev–Trinajstić information content (AvgIpc) is 1.91. The van der Waals surface area contributed by atoms with Crippen LogP contribution >= 0.6 is 11.9 Å². The van der Waals surface area contributed by atoms with Crippen LogP contribution in [0, 0.1) is 0 Å². The smallest absolute Gasteiger partial charge is 0.110 e. The van der Waals surface area contributed by atoms with Gasteiger partial charge in [0.15, 0.2) is 0 Å². The quantitative estimate of drug-likeness (QED) is 0.629. The predicted octanol–water partition coefficient (Wildman–Crippen LogP) is 1.75. The normalized spacial score (nSPS) is 9.44. The molecule has 9 heavy (non-hydrogen) atoms. The van der Waals surface area contributed by atoms with Gasteiger partial charge in [-0.3, -0.25) is 9.27 Å². The second-order valence-corrected chi connectivity index (χ2v) is 1.79. The second kappa shape index (κ2) is 3.43. The highest BCUT2D eigenvalue weighted by molar-refractivity contribution is 6.07. The van der Waals surface area contributed by atoms with Crippen molar-refractivity contribution in [1.29, 1.82) is 0 Å². The zero-order chi connectivity index (χ0) is 6.53. The van der Waals surface area contributed by atoms with Gasteiger partial charge in [-0.05, 0) is 12.1 Å². The molecule has 1 aromatic heterocycles. The van der Waals surface area contributed by atoms with E-state index in [1.807, 2.05) is 18.2 Å². The minimum absolute atomic E-state index is 0.363. The van der Waals surface area contributed by atoms with Crippen LogP contribution in [0.25, 0.3) is 0 Å². The third-order valence-electron chi connectivity index (χ3n) is 0.929. The summed E-state index contributed by atoms with van der Waals surface area (Å²) in [5, 5.41) is 0. The largest absolute Gasteiger partial charge is 0.273 e. The van der Waals surface area contributed by atoms with E-state index in [1.54, 1.807) is 6.20 Å². The highest BCUT2D eigenvalue weighted by Crippen LogP contribution is 1.96. The van der Waals surface area contributed by atoms with Crippen LogP contribution in [0.1, 0.15) is 5.69 Å². The van der Waals surface area contributed by atoms with Crippen LogP contribution in [0.15, 0.2) is 24.4 Å². The van der Waals surface area contributed by atoms with Crippen molar-refractivity contribution in [3.05, 3.63) is 30.1 Å². The summed E-state index contributed by atoms with van der Waals surface area (Å²) >= 11 is 5.00. The van der Waals surface area contributed by atoms with E-state index in [0.29, 0.717) is 6.61 Å². The van der Waals surface area contributed by atoms with E-state index in [2.05, 4.69) is 9.27 Å². The fourth-order valence-corrected chi connectivity index (χ4v) is 0.651. The Morgan fingerprint density at radius 1 is 1.56 bits per heavy atom. The van der Waals surface area contributed by atoms with Crippen molar-refractivity contribution in [3.8, 4) is 0 Å². The molecular formula is C6H6ClNO. The van der Waals surface area contributed by atoms with Gasteiger partial charge in [0, 0.05) is 6.20 Å². The lowest BCUT2D eigenvalue weighted by Gasteiger charge is -1.91. The van der Waals surface area contributed by atoms with E-state index in [1.165, 1.54) is 0 Å². The number of rotatable bonds is 2. The van der Waals surface area contributed by atoms with E-state index < -0.39 is 0 Å². The molecule has 0 atom stereocenters. The van der Waals surface area contributed by atoms with Gasteiger partial charge in [0.05, 0.1) is 17.6 Å². The number of nitrogens with zero attached hydrogens (tertiary/aromatic N) is 1. The molecule has 0 aromatic carbocycles. The summed E-state index contributed by atoms with van der Waals surface area (Å²) in [6.07, 6.45) is 1.70. The molecule has 1 heterocycles. The van der Waals surface area contributed by atoms with E-state index in [4.69, 9.17) is 11.9 Å². The summed E-state index contributed by atoms with van der Waals surface area (Å²) in [4.78, 5) is 3.96. The van der Waals surface area contributed by atoms with Gasteiger partial charge in [0.25, 0.3) is 0 Å². The Labute approximate surface area is 58.6 Å². The number of aromatic nitrogens is 1. The van der Waals surface area contributed by atoms with Gasteiger partial charge in [-0.15, -0.1) is 0 Å². The maximum Gasteiger partial charge on any atom is 0.110 e. The van der Waals surface area contributed by atoms with Crippen molar-refractivity contribution in [2.75, 3.05) is 0 Å². The van der Waals surface area contributed by atoms with Crippen molar-refractivity contribution in [3.63, 3.8) is 0 Å². The number of hydrogen-bond donors (Lipinski definition) is 0. The lowest BCUT2D eigenvalue weighted by Crippen LogP contribution is -1.86. The highest BCUT2D eigenvalue weighted by Gasteiger charge is 1.87. The molecule has 0 saturated heterocycles. The Morgan fingerprint density at radius 3 is 3.00 bits per heavy atom. The van der Waals surface area contributed by atoms with Gasteiger partial charge in [0.2, 0.25) is 0 Å². The Hall–Kier alpha value is -0.600. The molecule has 0 bridgehead atoms. The maximum absolute atomic E-state index is 5.00. The summed E-state index contributed by atoms with van der Waals surface area (Å²) < 4.78 is 4.34. The first-order valence-electron chi connectivity index (χ1n) is 2.57. The standard InChI is InChI=1S/C6H6ClNO/c7-9-5-6-3-1-2-4-8-6/h1-4H,5H2. The van der Waals surface area contributed by atoms with Crippen molar-refractivity contribution < 1.29 is 4.29 Å². The molecule has 0 aliphatic rings. The molecule has 0 amide bonds. The van der Waals surface area contributed by atoms with Crippen LogP contribution in [-0.4, -0.2) is 4.98 Å². The van der Waals surface area contributed by atoms with E-state index >= 15 is 0 Å². The van der Waals surface area contributed by atoms with Crippen LogP contribution in [-0.2, 0) is 10.9 Å². The molecule has 2 nitrogen and oxygen atoms in total. The van der Waals surface area contributed by atoms with Gasteiger partial charge in [-0.2, -0.15) is 0 Å². The molecular weight excluding hydrogens is 138 g/mol. The van der Waals surface area contributed by atoms with E-state index in [9.17, 15) is 0 Å². The van der Waals surface area contributed by atoms with Crippen molar-refractivity contribution in [1.82, 2.24) is 4.98 Å². The molecule has 48 valence electrons.